The smallest absolute Gasteiger partial charge is 0.226 e. The molecule has 0 aliphatic rings. The van der Waals surface area contributed by atoms with Crippen LogP contribution in [0.15, 0.2) is 52.9 Å². The Hall–Kier alpha value is -2.43. The van der Waals surface area contributed by atoms with Gasteiger partial charge in [-0.1, -0.05) is 49.7 Å². The van der Waals surface area contributed by atoms with Crippen molar-refractivity contribution in [2.75, 3.05) is 6.61 Å². The third-order valence-electron chi connectivity index (χ3n) is 4.39. The number of nitrogens with zero attached hydrogens (tertiary/aromatic N) is 1. The molecule has 0 spiro atoms. The molecule has 0 saturated heterocycles. The second-order valence-corrected chi connectivity index (χ2v) is 7.72. The zero-order valence-electron chi connectivity index (χ0n) is 16.1. The number of ketones is 1. The summed E-state index contributed by atoms with van der Waals surface area (Å²) < 4.78 is 6.02. The first-order chi connectivity index (χ1) is 13.5. The molecule has 146 valence electrons. The first-order valence-corrected chi connectivity index (χ1v) is 9.81. The van der Waals surface area contributed by atoms with Crippen LogP contribution < -0.4 is 0 Å². The number of Topliss-reactive ketones (excluding diaryl/α,β-unsaturated/α-hetero) is 1. The van der Waals surface area contributed by atoms with Gasteiger partial charge in [0.15, 0.2) is 0 Å². The molecule has 0 atom stereocenters. The van der Waals surface area contributed by atoms with Crippen LogP contribution >= 0.6 is 11.6 Å². The normalized spacial score (nSPS) is 11.2. The van der Waals surface area contributed by atoms with E-state index in [0.29, 0.717) is 41.1 Å². The molecule has 1 heterocycles. The SMILES string of the molecule is CC(C)CC(=O)Cc1oc(-c2ccc(CCO)cc2)nc1-c1cccc(Cl)c1. The van der Waals surface area contributed by atoms with Gasteiger partial charge in [0.1, 0.15) is 17.2 Å². The molecule has 0 unspecified atom stereocenters. The predicted octanol–water partition coefficient (Wildman–Crippen LogP) is 5.35. The molecule has 0 saturated carbocycles. The van der Waals surface area contributed by atoms with E-state index in [1.165, 1.54) is 0 Å². The van der Waals surface area contributed by atoms with Crippen LogP contribution in [0, 0.1) is 5.92 Å². The van der Waals surface area contributed by atoms with Gasteiger partial charge in [-0.15, -0.1) is 0 Å². The van der Waals surface area contributed by atoms with E-state index in [2.05, 4.69) is 4.98 Å². The van der Waals surface area contributed by atoms with E-state index in [1.54, 1.807) is 6.07 Å². The number of carbonyl (C=O) groups is 1. The molecule has 0 aliphatic carbocycles. The minimum absolute atomic E-state index is 0.110. The number of aliphatic hydroxyl groups excluding tert-OH is 1. The standard InChI is InChI=1S/C23H24ClNO3/c1-15(2)12-20(27)14-21-22(18-4-3-5-19(24)13-18)25-23(28-21)17-8-6-16(7-9-17)10-11-26/h3-9,13,15,26H,10-12,14H2,1-2H3. The average Bonchev–Trinajstić information content (AvgIpc) is 3.05. The highest BCUT2D eigenvalue weighted by molar-refractivity contribution is 6.30. The van der Waals surface area contributed by atoms with Crippen LogP contribution in [0.1, 0.15) is 31.6 Å². The third-order valence-corrected chi connectivity index (χ3v) is 4.63. The van der Waals surface area contributed by atoms with Crippen molar-refractivity contribution in [2.45, 2.75) is 33.1 Å². The van der Waals surface area contributed by atoms with Gasteiger partial charge in [0.25, 0.3) is 0 Å². The minimum Gasteiger partial charge on any atom is -0.440 e. The fourth-order valence-electron chi connectivity index (χ4n) is 3.11. The molecule has 4 nitrogen and oxygen atoms in total. The van der Waals surface area contributed by atoms with E-state index in [0.717, 1.165) is 16.7 Å². The molecular formula is C23H24ClNO3. The summed E-state index contributed by atoms with van der Waals surface area (Å²) in [5.41, 5.74) is 3.34. The number of hydrogen-bond donors (Lipinski definition) is 1. The van der Waals surface area contributed by atoms with Crippen LogP contribution in [0.2, 0.25) is 5.02 Å². The van der Waals surface area contributed by atoms with E-state index >= 15 is 0 Å². The maximum atomic E-state index is 12.4. The van der Waals surface area contributed by atoms with Crippen molar-refractivity contribution in [1.29, 1.82) is 0 Å². The number of benzene rings is 2. The zero-order chi connectivity index (χ0) is 20.1. The molecule has 2 aromatic carbocycles. The maximum Gasteiger partial charge on any atom is 0.226 e. The first kappa shape index (κ1) is 20.3. The lowest BCUT2D eigenvalue weighted by Gasteiger charge is -2.04. The molecule has 1 aromatic heterocycles. The Balaban J connectivity index is 1.98. The summed E-state index contributed by atoms with van der Waals surface area (Å²) in [5.74, 6) is 1.45. The maximum absolute atomic E-state index is 12.4. The zero-order valence-corrected chi connectivity index (χ0v) is 16.9. The fraction of sp³-hybridized carbons (Fsp3) is 0.304. The quantitative estimate of drug-likeness (QED) is 0.556. The third kappa shape index (κ3) is 5.09. The number of aromatic nitrogens is 1. The number of carbonyl (C=O) groups excluding carboxylic acids is 1. The Morgan fingerprint density at radius 3 is 2.54 bits per heavy atom. The summed E-state index contributed by atoms with van der Waals surface area (Å²) in [4.78, 5) is 17.1. The molecule has 3 rings (SSSR count). The van der Waals surface area contributed by atoms with Gasteiger partial charge < -0.3 is 9.52 Å². The molecule has 0 amide bonds. The van der Waals surface area contributed by atoms with Crippen molar-refractivity contribution in [3.63, 3.8) is 0 Å². The monoisotopic (exact) mass is 397 g/mol. The van der Waals surface area contributed by atoms with Crippen LogP contribution in [0.3, 0.4) is 0 Å². The summed E-state index contributed by atoms with van der Waals surface area (Å²) >= 11 is 6.15. The Kier molecular flexibility index (Phi) is 6.65. The van der Waals surface area contributed by atoms with Gasteiger partial charge in [-0.2, -0.15) is 0 Å². The Morgan fingerprint density at radius 1 is 1.14 bits per heavy atom. The van der Waals surface area contributed by atoms with Crippen molar-refractivity contribution in [3.05, 3.63) is 64.9 Å². The molecular weight excluding hydrogens is 374 g/mol. The van der Waals surface area contributed by atoms with Crippen LogP contribution in [0.4, 0.5) is 0 Å². The number of hydrogen-bond acceptors (Lipinski definition) is 4. The van der Waals surface area contributed by atoms with Gasteiger partial charge in [-0.25, -0.2) is 4.98 Å². The highest BCUT2D eigenvalue weighted by Crippen LogP contribution is 2.31. The number of rotatable bonds is 8. The molecule has 0 aliphatic heterocycles. The van der Waals surface area contributed by atoms with Crippen LogP contribution in [0.25, 0.3) is 22.7 Å². The highest BCUT2D eigenvalue weighted by atomic mass is 35.5. The van der Waals surface area contributed by atoms with Crippen LogP contribution in [-0.2, 0) is 17.6 Å². The predicted molar refractivity (Wildman–Crippen MR) is 111 cm³/mol. The number of aliphatic hydroxyl groups is 1. The lowest BCUT2D eigenvalue weighted by molar-refractivity contribution is -0.119. The fourth-order valence-corrected chi connectivity index (χ4v) is 3.30. The Morgan fingerprint density at radius 2 is 1.89 bits per heavy atom. The summed E-state index contributed by atoms with van der Waals surface area (Å²) in [6, 6.07) is 15.1. The van der Waals surface area contributed by atoms with Crippen LogP contribution in [0.5, 0.6) is 0 Å². The second kappa shape index (κ2) is 9.18. The largest absolute Gasteiger partial charge is 0.440 e. The minimum atomic E-state index is 0.110. The van der Waals surface area contributed by atoms with Crippen molar-refractivity contribution >= 4 is 17.4 Å². The molecule has 5 heteroatoms. The van der Waals surface area contributed by atoms with Gasteiger partial charge in [-0.3, -0.25) is 4.79 Å². The van der Waals surface area contributed by atoms with E-state index in [-0.39, 0.29) is 18.8 Å². The molecule has 0 radical (unpaired) electrons. The summed E-state index contributed by atoms with van der Waals surface area (Å²) in [5, 5.41) is 9.67. The van der Waals surface area contributed by atoms with Crippen molar-refractivity contribution in [2.24, 2.45) is 5.92 Å². The van der Waals surface area contributed by atoms with Crippen molar-refractivity contribution in [3.8, 4) is 22.7 Å². The lowest BCUT2D eigenvalue weighted by Crippen LogP contribution is -2.06. The van der Waals surface area contributed by atoms with Gasteiger partial charge in [-0.05, 0) is 42.2 Å². The molecule has 0 fully saturated rings. The molecule has 1 N–H and O–H groups in total. The van der Waals surface area contributed by atoms with E-state index in [1.807, 2.05) is 56.3 Å². The molecule has 3 aromatic rings. The van der Waals surface area contributed by atoms with Gasteiger partial charge >= 0.3 is 0 Å². The van der Waals surface area contributed by atoms with E-state index < -0.39 is 0 Å². The topological polar surface area (TPSA) is 63.3 Å². The number of oxazole rings is 1. The van der Waals surface area contributed by atoms with Gasteiger partial charge in [0.05, 0.1) is 6.42 Å². The summed E-state index contributed by atoms with van der Waals surface area (Å²) in [6.07, 6.45) is 1.31. The Labute approximate surface area is 170 Å². The first-order valence-electron chi connectivity index (χ1n) is 9.43. The van der Waals surface area contributed by atoms with Crippen molar-refractivity contribution < 1.29 is 14.3 Å². The average molecular weight is 398 g/mol. The van der Waals surface area contributed by atoms with E-state index in [4.69, 9.17) is 21.1 Å². The van der Waals surface area contributed by atoms with Crippen LogP contribution in [-0.4, -0.2) is 22.5 Å². The summed E-state index contributed by atoms with van der Waals surface area (Å²) in [7, 11) is 0. The Bertz CT molecular complexity index is 945. The van der Waals surface area contributed by atoms with Gasteiger partial charge in [0, 0.05) is 29.2 Å². The molecule has 0 bridgehead atoms. The van der Waals surface area contributed by atoms with E-state index in [9.17, 15) is 4.79 Å². The number of halogens is 1. The molecule has 28 heavy (non-hydrogen) atoms. The lowest BCUT2D eigenvalue weighted by atomic mass is 10.0. The second-order valence-electron chi connectivity index (χ2n) is 7.29. The highest BCUT2D eigenvalue weighted by Gasteiger charge is 2.19. The van der Waals surface area contributed by atoms with Gasteiger partial charge in [0.2, 0.25) is 5.89 Å². The van der Waals surface area contributed by atoms with Crippen molar-refractivity contribution in [1.82, 2.24) is 4.98 Å². The summed E-state index contributed by atoms with van der Waals surface area (Å²) in [6.45, 7) is 4.16.